The Morgan fingerprint density at radius 1 is 0.719 bits per heavy atom. The predicted octanol–water partition coefficient (Wildman–Crippen LogP) is 7.65. The van der Waals surface area contributed by atoms with Crippen molar-refractivity contribution < 1.29 is 38.8 Å². The highest BCUT2D eigenvalue weighted by atomic mass is 32.2. The van der Waals surface area contributed by atoms with Crippen molar-refractivity contribution in [1.29, 1.82) is 0 Å². The van der Waals surface area contributed by atoms with Gasteiger partial charge in [-0.25, -0.2) is 8.42 Å². The van der Waals surface area contributed by atoms with Crippen molar-refractivity contribution in [2.24, 2.45) is 11.3 Å². The van der Waals surface area contributed by atoms with Crippen LogP contribution in [0.25, 0.3) is 33.4 Å². The van der Waals surface area contributed by atoms with Crippen LogP contribution in [-0.4, -0.2) is 65.8 Å². The van der Waals surface area contributed by atoms with E-state index in [1.54, 1.807) is 54.8 Å². The lowest BCUT2D eigenvalue weighted by Crippen LogP contribution is -2.41. The third-order valence-corrected chi connectivity index (χ3v) is 14.7. The third kappa shape index (κ3) is 8.00. The molecule has 2 heterocycles. The van der Waals surface area contributed by atoms with Crippen molar-refractivity contribution >= 4 is 58.3 Å². The molecule has 0 amide bonds. The summed E-state index contributed by atoms with van der Waals surface area (Å²) in [6.45, 7) is 7.43. The minimum absolute atomic E-state index is 0.0754. The molecule has 1 saturated heterocycles. The van der Waals surface area contributed by atoms with Crippen molar-refractivity contribution in [2.75, 3.05) is 32.1 Å². The number of hydrogen-bond acceptors (Lipinski definition) is 8. The van der Waals surface area contributed by atoms with Crippen LogP contribution in [0.3, 0.4) is 0 Å². The average Bonchev–Trinajstić information content (AvgIpc) is 3.18. The number of fused-ring (bicyclic) bond motifs is 2. The summed E-state index contributed by atoms with van der Waals surface area (Å²) in [5, 5.41) is 1.35. The summed E-state index contributed by atoms with van der Waals surface area (Å²) in [4.78, 5) is 1.55. The lowest BCUT2D eigenvalue weighted by atomic mass is 9.76. The van der Waals surface area contributed by atoms with E-state index in [4.69, 9.17) is 4.42 Å². The third-order valence-electron chi connectivity index (χ3n) is 11.0. The number of nitrogens with zero attached hydrogens (tertiary/aromatic N) is 3. The number of hydrogen-bond donors (Lipinski definition) is 2. The molecule has 2 N–H and O–H groups in total. The first-order chi connectivity index (χ1) is 26.7. The Kier molecular flexibility index (Phi) is 10.5. The second kappa shape index (κ2) is 14.8. The minimum atomic E-state index is -4.37. The maximum Gasteiger partial charge on any atom is 0.294 e. The molecule has 0 atom stereocenters. The first kappa shape index (κ1) is 40.3. The second-order valence-corrected chi connectivity index (χ2v) is 20.2. The molecule has 0 unspecified atom stereocenters. The van der Waals surface area contributed by atoms with E-state index in [2.05, 4.69) is 20.8 Å². The molecular formula is C42H44N3O9S3+. The molecule has 4 aromatic rings. The van der Waals surface area contributed by atoms with Crippen LogP contribution < -0.4 is 14.8 Å². The van der Waals surface area contributed by atoms with Gasteiger partial charge in [0.15, 0.2) is 0 Å². The molecule has 0 spiro atoms. The summed E-state index contributed by atoms with van der Waals surface area (Å²) in [7, 11) is -9.07. The Hall–Kier alpha value is -4.90. The van der Waals surface area contributed by atoms with Gasteiger partial charge in [0.25, 0.3) is 20.2 Å². The van der Waals surface area contributed by atoms with E-state index < -0.39 is 30.3 Å². The van der Waals surface area contributed by atoms with E-state index in [9.17, 15) is 34.4 Å². The number of sulfonamides is 1. The van der Waals surface area contributed by atoms with E-state index in [0.717, 1.165) is 12.8 Å². The fourth-order valence-corrected chi connectivity index (χ4v) is 10.2. The molecule has 3 aliphatic rings. The van der Waals surface area contributed by atoms with Gasteiger partial charge in [-0.15, -0.1) is 0 Å². The topological polar surface area (TPSA) is 166 Å². The molecular weight excluding hydrogens is 787 g/mol. The van der Waals surface area contributed by atoms with Crippen molar-refractivity contribution in [1.82, 2.24) is 8.88 Å². The normalized spacial score (nSPS) is 15.6. The fraction of sp³-hybridized carbons (Fsp3) is 0.262. The summed E-state index contributed by atoms with van der Waals surface area (Å²) in [6, 6.07) is 29.7. The molecule has 1 aliphatic carbocycles. The smallest absolute Gasteiger partial charge is 0.294 e. The molecule has 15 heteroatoms. The number of piperidine rings is 1. The monoisotopic (exact) mass is 830 g/mol. The lowest BCUT2D eigenvalue weighted by Gasteiger charge is -2.38. The number of benzene rings is 5. The van der Waals surface area contributed by atoms with E-state index in [1.165, 1.54) is 24.3 Å². The molecule has 298 valence electrons. The SMILES string of the molecule is CN(c1ccc(S(=O)(=O)O)cc1)c1ccc2c(-c3ccccc3S(=O)(=O)N3CCC(C(C)(C)C)CC3)c3cc/c(=[N+](/C)c4ccc(S(=O)(=O)O)cc4)cc-3oc2c1. The van der Waals surface area contributed by atoms with Crippen molar-refractivity contribution in [2.45, 2.75) is 48.3 Å². The molecule has 0 radical (unpaired) electrons. The maximum atomic E-state index is 14.6. The summed E-state index contributed by atoms with van der Waals surface area (Å²) < 4.78 is 105. The quantitative estimate of drug-likeness (QED) is 0.0885. The van der Waals surface area contributed by atoms with Gasteiger partial charge < -0.3 is 9.32 Å². The average molecular weight is 831 g/mol. The summed E-state index contributed by atoms with van der Waals surface area (Å²) in [5.41, 5.74) is 4.33. The highest BCUT2D eigenvalue weighted by Gasteiger charge is 2.36. The second-order valence-electron chi connectivity index (χ2n) is 15.4. The first-order valence-electron chi connectivity index (χ1n) is 18.3. The van der Waals surface area contributed by atoms with Crippen LogP contribution in [-0.2, 0) is 30.3 Å². The Bertz CT molecular complexity index is 2880. The van der Waals surface area contributed by atoms with Crippen LogP contribution in [0.15, 0.2) is 128 Å². The summed E-state index contributed by atoms with van der Waals surface area (Å²) in [5.74, 6) is 0.857. The van der Waals surface area contributed by atoms with Crippen molar-refractivity contribution in [3.63, 3.8) is 0 Å². The zero-order valence-corrected chi connectivity index (χ0v) is 34.6. The molecule has 57 heavy (non-hydrogen) atoms. The zero-order valence-electron chi connectivity index (χ0n) is 32.1. The Morgan fingerprint density at radius 3 is 1.89 bits per heavy atom. The van der Waals surface area contributed by atoms with Gasteiger partial charge in [0.05, 0.1) is 20.8 Å². The first-order valence-corrected chi connectivity index (χ1v) is 22.6. The van der Waals surface area contributed by atoms with E-state index in [0.29, 0.717) is 74.8 Å². The van der Waals surface area contributed by atoms with Gasteiger partial charge >= 0.3 is 0 Å². The zero-order chi connectivity index (χ0) is 41.1. The van der Waals surface area contributed by atoms with Gasteiger partial charge in [-0.05, 0) is 84.8 Å². The predicted molar refractivity (Wildman–Crippen MR) is 221 cm³/mol. The van der Waals surface area contributed by atoms with Crippen LogP contribution in [0, 0.1) is 11.3 Å². The highest BCUT2D eigenvalue weighted by molar-refractivity contribution is 7.89. The molecule has 0 aromatic heterocycles. The summed E-state index contributed by atoms with van der Waals surface area (Å²) in [6.07, 6.45) is 1.54. The van der Waals surface area contributed by atoms with Gasteiger partial charge in [0, 0.05) is 77.9 Å². The molecule has 7 rings (SSSR count). The van der Waals surface area contributed by atoms with Gasteiger partial charge in [0.2, 0.25) is 21.1 Å². The van der Waals surface area contributed by atoms with E-state index in [-0.39, 0.29) is 20.1 Å². The minimum Gasteiger partial charge on any atom is -0.456 e. The largest absolute Gasteiger partial charge is 0.456 e. The summed E-state index contributed by atoms with van der Waals surface area (Å²) >= 11 is 0. The van der Waals surface area contributed by atoms with Crippen LogP contribution in [0.5, 0.6) is 0 Å². The van der Waals surface area contributed by atoms with Gasteiger partial charge in [0.1, 0.15) is 18.4 Å². The standard InChI is InChI=1S/C42H43N3O9S3/c1-42(2,3)28-22-24-45(25-23-28)55(46,47)40-9-7-6-8-37(40)41-35-20-14-31(43(4)29-10-16-33(17-11-29)56(48,49)50)26-38(35)54-39-27-32(15-21-36(39)41)44(5)30-12-18-34(19-13-30)57(51,52)53/h6-21,26-28H,22-25H2,1-5H3,(H-,48,49,50,51,52,53)/p+1. The van der Waals surface area contributed by atoms with Gasteiger partial charge in [-0.3, -0.25) is 9.11 Å². The van der Waals surface area contributed by atoms with Crippen LogP contribution in [0.1, 0.15) is 33.6 Å². The number of anilines is 2. The van der Waals surface area contributed by atoms with Crippen molar-refractivity contribution in [3.05, 3.63) is 115 Å². The van der Waals surface area contributed by atoms with Crippen LogP contribution in [0.4, 0.5) is 17.1 Å². The molecule has 0 saturated carbocycles. The molecule has 4 aromatic carbocycles. The molecule has 0 bridgehead atoms. The highest BCUT2D eigenvalue weighted by Crippen LogP contribution is 2.44. The molecule has 12 nitrogen and oxygen atoms in total. The van der Waals surface area contributed by atoms with Crippen LogP contribution >= 0.6 is 0 Å². The molecule has 2 aliphatic heterocycles. The lowest BCUT2D eigenvalue weighted by molar-refractivity contribution is 0.154. The van der Waals surface area contributed by atoms with E-state index in [1.807, 2.05) is 58.0 Å². The Labute approximate surface area is 333 Å². The van der Waals surface area contributed by atoms with Crippen LogP contribution in [0.2, 0.25) is 0 Å². The van der Waals surface area contributed by atoms with E-state index >= 15 is 0 Å². The Morgan fingerprint density at radius 2 is 1.30 bits per heavy atom. The number of rotatable bonds is 8. The Balaban J connectivity index is 1.41. The van der Waals surface area contributed by atoms with Crippen molar-refractivity contribution in [3.8, 4) is 22.5 Å². The van der Waals surface area contributed by atoms with Gasteiger partial charge in [-0.2, -0.15) is 25.7 Å². The maximum absolute atomic E-state index is 14.6. The fourth-order valence-electron chi connectivity index (χ4n) is 7.56. The molecule has 1 fully saturated rings. The van der Waals surface area contributed by atoms with Gasteiger partial charge in [-0.1, -0.05) is 39.0 Å².